The first kappa shape index (κ1) is 15.9. The van der Waals surface area contributed by atoms with Gasteiger partial charge in [0.05, 0.1) is 6.10 Å². The summed E-state index contributed by atoms with van der Waals surface area (Å²) in [5.41, 5.74) is 6.00. The van der Waals surface area contributed by atoms with Gasteiger partial charge in [-0.3, -0.25) is 4.90 Å². The van der Waals surface area contributed by atoms with Crippen molar-refractivity contribution < 1.29 is 4.74 Å². The Bertz CT molecular complexity index is 211. The summed E-state index contributed by atoms with van der Waals surface area (Å²) in [5.74, 6) is 0.699. The third-order valence-electron chi connectivity index (χ3n) is 4.08. The molecule has 3 unspecified atom stereocenters. The van der Waals surface area contributed by atoms with E-state index < -0.39 is 0 Å². The maximum absolute atomic E-state index is 6.00. The predicted octanol–water partition coefficient (Wildman–Crippen LogP) is 2.64. The van der Waals surface area contributed by atoms with Gasteiger partial charge in [-0.05, 0) is 38.1 Å². The van der Waals surface area contributed by atoms with Gasteiger partial charge in [0.25, 0.3) is 0 Å². The lowest BCUT2D eigenvalue weighted by molar-refractivity contribution is -0.0189. The summed E-state index contributed by atoms with van der Waals surface area (Å²) < 4.78 is 5.91. The zero-order valence-electron chi connectivity index (χ0n) is 12.5. The maximum atomic E-state index is 6.00. The molecule has 0 aromatic carbocycles. The molecule has 1 saturated heterocycles. The second-order valence-electron chi connectivity index (χ2n) is 5.70. The van der Waals surface area contributed by atoms with Crippen LogP contribution in [0.4, 0.5) is 0 Å². The zero-order chi connectivity index (χ0) is 13.4. The number of nitrogens with zero attached hydrogens (tertiary/aromatic N) is 1. The molecule has 0 radical (unpaired) electrons. The van der Waals surface area contributed by atoms with E-state index in [1.54, 1.807) is 0 Å². The van der Waals surface area contributed by atoms with Crippen LogP contribution in [0.1, 0.15) is 52.9 Å². The van der Waals surface area contributed by atoms with Crippen molar-refractivity contribution in [2.45, 2.75) is 65.0 Å². The molecule has 18 heavy (non-hydrogen) atoms. The molecule has 1 aliphatic rings. The van der Waals surface area contributed by atoms with Crippen LogP contribution in [0, 0.1) is 5.92 Å². The number of piperidine rings is 1. The minimum Gasteiger partial charge on any atom is -0.377 e. The van der Waals surface area contributed by atoms with Crippen molar-refractivity contribution in [2.75, 3.05) is 26.2 Å². The summed E-state index contributed by atoms with van der Waals surface area (Å²) >= 11 is 0. The molecule has 108 valence electrons. The van der Waals surface area contributed by atoms with Gasteiger partial charge in [-0.25, -0.2) is 0 Å². The molecule has 1 rings (SSSR count). The molecule has 0 bridgehead atoms. The second kappa shape index (κ2) is 8.89. The molecule has 0 spiro atoms. The molecule has 0 aromatic heterocycles. The highest BCUT2D eigenvalue weighted by Crippen LogP contribution is 2.21. The Balaban J connectivity index is 2.46. The molecule has 0 aliphatic carbocycles. The van der Waals surface area contributed by atoms with Crippen LogP contribution in [-0.2, 0) is 4.74 Å². The zero-order valence-corrected chi connectivity index (χ0v) is 12.5. The van der Waals surface area contributed by atoms with Crippen molar-refractivity contribution in [3.05, 3.63) is 0 Å². The quantitative estimate of drug-likeness (QED) is 0.725. The molecule has 0 saturated carbocycles. The molecule has 3 heteroatoms. The summed E-state index contributed by atoms with van der Waals surface area (Å²) in [6.07, 6.45) is 6.55. The highest BCUT2D eigenvalue weighted by atomic mass is 16.5. The number of likely N-dealkylation sites (tertiary alicyclic amines) is 1. The van der Waals surface area contributed by atoms with Crippen molar-refractivity contribution in [1.82, 2.24) is 4.90 Å². The largest absolute Gasteiger partial charge is 0.377 e. The van der Waals surface area contributed by atoms with Crippen LogP contribution in [0.25, 0.3) is 0 Å². The molecule has 1 aliphatic heterocycles. The number of nitrogens with two attached hydrogens (primary N) is 1. The second-order valence-corrected chi connectivity index (χ2v) is 5.70. The highest BCUT2D eigenvalue weighted by molar-refractivity contribution is 4.83. The lowest BCUT2D eigenvalue weighted by atomic mass is 9.93. The molecule has 1 fully saturated rings. The number of hydrogen-bond acceptors (Lipinski definition) is 3. The predicted molar refractivity (Wildman–Crippen MR) is 77.8 cm³/mol. The van der Waals surface area contributed by atoms with Crippen molar-refractivity contribution >= 4 is 0 Å². The van der Waals surface area contributed by atoms with Gasteiger partial charge in [-0.15, -0.1) is 0 Å². The number of ether oxygens (including phenoxy) is 1. The highest BCUT2D eigenvalue weighted by Gasteiger charge is 2.28. The fraction of sp³-hybridized carbons (Fsp3) is 1.00. The van der Waals surface area contributed by atoms with Gasteiger partial charge in [-0.2, -0.15) is 0 Å². The van der Waals surface area contributed by atoms with E-state index in [1.807, 2.05) is 0 Å². The number of hydrogen-bond donors (Lipinski definition) is 1. The van der Waals surface area contributed by atoms with Crippen LogP contribution >= 0.6 is 0 Å². The smallest absolute Gasteiger partial charge is 0.0702 e. The molecular weight excluding hydrogens is 224 g/mol. The van der Waals surface area contributed by atoms with Gasteiger partial charge >= 0.3 is 0 Å². The molecule has 2 N–H and O–H groups in total. The van der Waals surface area contributed by atoms with E-state index in [4.69, 9.17) is 10.5 Å². The van der Waals surface area contributed by atoms with Crippen LogP contribution < -0.4 is 5.73 Å². The van der Waals surface area contributed by atoms with E-state index in [-0.39, 0.29) is 0 Å². The molecule has 1 heterocycles. The minimum absolute atomic E-state index is 0.432. The average molecular weight is 256 g/mol. The number of rotatable bonds is 8. The first-order valence-corrected chi connectivity index (χ1v) is 7.78. The van der Waals surface area contributed by atoms with Gasteiger partial charge < -0.3 is 10.5 Å². The van der Waals surface area contributed by atoms with E-state index in [0.29, 0.717) is 18.1 Å². The SMILES string of the molecule is CCCOC1CCCN(C(CN)C(C)CCC)C1. The van der Waals surface area contributed by atoms with Gasteiger partial charge in [-0.1, -0.05) is 27.2 Å². The summed E-state index contributed by atoms with van der Waals surface area (Å²) in [6.45, 7) is 10.7. The van der Waals surface area contributed by atoms with Crippen molar-refractivity contribution in [3.8, 4) is 0 Å². The summed E-state index contributed by atoms with van der Waals surface area (Å²) in [6, 6.07) is 0.540. The van der Waals surface area contributed by atoms with E-state index in [2.05, 4.69) is 25.7 Å². The van der Waals surface area contributed by atoms with Crippen LogP contribution in [0.15, 0.2) is 0 Å². The standard InChI is InChI=1S/C15H32N2O/c1-4-7-13(3)15(11-16)17-9-6-8-14(12-17)18-10-5-2/h13-15H,4-12,16H2,1-3H3. The first-order chi connectivity index (χ1) is 8.72. The van der Waals surface area contributed by atoms with Crippen LogP contribution in [0.5, 0.6) is 0 Å². The average Bonchev–Trinajstić information content (AvgIpc) is 2.38. The Morgan fingerprint density at radius 2 is 2.11 bits per heavy atom. The van der Waals surface area contributed by atoms with Crippen LogP contribution in [0.2, 0.25) is 0 Å². The molecular formula is C15H32N2O. The van der Waals surface area contributed by atoms with Gasteiger partial charge in [0.2, 0.25) is 0 Å². The summed E-state index contributed by atoms with van der Waals surface area (Å²) in [7, 11) is 0. The Kier molecular flexibility index (Phi) is 7.87. The lowest BCUT2D eigenvalue weighted by Crippen LogP contribution is -2.51. The maximum Gasteiger partial charge on any atom is 0.0702 e. The Labute approximate surface area is 113 Å². The van der Waals surface area contributed by atoms with Crippen LogP contribution in [0.3, 0.4) is 0 Å². The molecule has 0 aromatic rings. The van der Waals surface area contributed by atoms with Gasteiger partial charge in [0, 0.05) is 25.7 Å². The van der Waals surface area contributed by atoms with Gasteiger partial charge in [0.15, 0.2) is 0 Å². The molecule has 3 atom stereocenters. The Morgan fingerprint density at radius 3 is 2.72 bits per heavy atom. The summed E-state index contributed by atoms with van der Waals surface area (Å²) in [5, 5.41) is 0. The van der Waals surface area contributed by atoms with Crippen molar-refractivity contribution in [3.63, 3.8) is 0 Å². The molecule has 0 amide bonds. The van der Waals surface area contributed by atoms with E-state index in [1.165, 1.54) is 32.2 Å². The summed E-state index contributed by atoms with van der Waals surface area (Å²) in [4.78, 5) is 2.57. The van der Waals surface area contributed by atoms with E-state index in [0.717, 1.165) is 26.1 Å². The molecule has 3 nitrogen and oxygen atoms in total. The monoisotopic (exact) mass is 256 g/mol. The minimum atomic E-state index is 0.432. The first-order valence-electron chi connectivity index (χ1n) is 7.78. The lowest BCUT2D eigenvalue weighted by Gasteiger charge is -2.40. The van der Waals surface area contributed by atoms with E-state index in [9.17, 15) is 0 Å². The Morgan fingerprint density at radius 1 is 1.33 bits per heavy atom. The fourth-order valence-corrected chi connectivity index (χ4v) is 3.08. The van der Waals surface area contributed by atoms with Crippen LogP contribution in [-0.4, -0.2) is 43.3 Å². The van der Waals surface area contributed by atoms with Gasteiger partial charge in [0.1, 0.15) is 0 Å². The van der Waals surface area contributed by atoms with Crippen molar-refractivity contribution in [2.24, 2.45) is 11.7 Å². The fourth-order valence-electron chi connectivity index (χ4n) is 3.08. The van der Waals surface area contributed by atoms with E-state index >= 15 is 0 Å². The third-order valence-corrected chi connectivity index (χ3v) is 4.08. The third kappa shape index (κ3) is 4.87. The Hall–Kier alpha value is -0.120. The topological polar surface area (TPSA) is 38.5 Å². The normalized spacial score (nSPS) is 25.0. The van der Waals surface area contributed by atoms with Crippen molar-refractivity contribution in [1.29, 1.82) is 0 Å².